The van der Waals surface area contributed by atoms with Crippen molar-refractivity contribution in [2.24, 2.45) is 0 Å². The van der Waals surface area contributed by atoms with E-state index in [4.69, 9.17) is 0 Å². The van der Waals surface area contributed by atoms with Crippen LogP contribution in [-0.2, 0) is 4.79 Å². The van der Waals surface area contributed by atoms with Crippen molar-refractivity contribution in [1.82, 2.24) is 4.90 Å². The lowest BCUT2D eigenvalue weighted by Crippen LogP contribution is -2.14. The average molecular weight is 147 g/mol. The van der Waals surface area contributed by atoms with Crippen molar-refractivity contribution in [3.63, 3.8) is 0 Å². The number of aldehydes is 1. The first-order chi connectivity index (χ1) is 4.27. The molecule has 0 N–H and O–H groups in total. The summed E-state index contributed by atoms with van der Waals surface area (Å²) in [6.07, 6.45) is 0.945. The highest BCUT2D eigenvalue weighted by Crippen LogP contribution is 1.95. The number of rotatable bonds is 5. The van der Waals surface area contributed by atoms with Crippen LogP contribution in [0.5, 0.6) is 0 Å². The summed E-state index contributed by atoms with van der Waals surface area (Å²) in [7, 11) is 4.06. The molecule has 0 unspecified atom stereocenters. The Labute approximate surface area is 60.6 Å². The Morgan fingerprint density at radius 2 is 2.22 bits per heavy atom. The molecule has 0 rings (SSSR count). The summed E-state index contributed by atoms with van der Waals surface area (Å²) >= 11 is 1.67. The van der Waals surface area contributed by atoms with E-state index < -0.39 is 0 Å². The monoisotopic (exact) mass is 147 g/mol. The lowest BCUT2D eigenvalue weighted by Gasteiger charge is -2.06. The predicted octanol–water partition coefficient (Wildman–Crippen LogP) is 0.480. The fraction of sp³-hybridized carbons (Fsp3) is 0.833. The van der Waals surface area contributed by atoms with E-state index in [1.54, 1.807) is 11.8 Å². The standard InChI is InChI=1S/C6H13NOS/c1-7(2)3-5-9-6-4-8/h4H,3,5-6H2,1-2H3. The zero-order valence-electron chi connectivity index (χ0n) is 5.96. The van der Waals surface area contributed by atoms with Gasteiger partial charge in [-0.3, -0.25) is 0 Å². The highest BCUT2D eigenvalue weighted by atomic mass is 32.2. The Kier molecular flexibility index (Phi) is 6.09. The van der Waals surface area contributed by atoms with E-state index in [1.165, 1.54) is 0 Å². The van der Waals surface area contributed by atoms with Gasteiger partial charge in [0.05, 0.1) is 0 Å². The first kappa shape index (κ1) is 8.98. The number of carbonyl (C=O) groups is 1. The van der Waals surface area contributed by atoms with Crippen molar-refractivity contribution in [1.29, 1.82) is 0 Å². The van der Waals surface area contributed by atoms with Gasteiger partial charge in [-0.05, 0) is 14.1 Å². The van der Waals surface area contributed by atoms with Gasteiger partial charge in [0.15, 0.2) is 0 Å². The fourth-order valence-electron chi connectivity index (χ4n) is 0.379. The van der Waals surface area contributed by atoms with Crippen LogP contribution in [0.25, 0.3) is 0 Å². The van der Waals surface area contributed by atoms with Gasteiger partial charge in [-0.2, -0.15) is 11.8 Å². The summed E-state index contributed by atoms with van der Waals surface area (Å²) in [5, 5.41) is 0. The minimum absolute atomic E-state index is 0.633. The summed E-state index contributed by atoms with van der Waals surface area (Å²) in [6.45, 7) is 1.05. The minimum atomic E-state index is 0.633. The van der Waals surface area contributed by atoms with Gasteiger partial charge in [0.1, 0.15) is 6.29 Å². The van der Waals surface area contributed by atoms with Crippen molar-refractivity contribution in [3.05, 3.63) is 0 Å². The molecular weight excluding hydrogens is 134 g/mol. The third kappa shape index (κ3) is 7.98. The molecule has 2 nitrogen and oxygen atoms in total. The van der Waals surface area contributed by atoms with Gasteiger partial charge in [0.25, 0.3) is 0 Å². The van der Waals surface area contributed by atoms with E-state index in [0.717, 1.165) is 18.6 Å². The van der Waals surface area contributed by atoms with Crippen LogP contribution in [0.3, 0.4) is 0 Å². The van der Waals surface area contributed by atoms with Crippen LogP contribution >= 0.6 is 11.8 Å². The smallest absolute Gasteiger partial charge is 0.129 e. The molecule has 0 bridgehead atoms. The molecule has 0 saturated carbocycles. The molecule has 0 spiro atoms. The van der Waals surface area contributed by atoms with Crippen LogP contribution in [0, 0.1) is 0 Å². The molecule has 0 fully saturated rings. The topological polar surface area (TPSA) is 20.3 Å². The third-order valence-electron chi connectivity index (χ3n) is 0.869. The molecule has 0 saturated heterocycles. The van der Waals surface area contributed by atoms with Crippen molar-refractivity contribution >= 4 is 18.0 Å². The van der Waals surface area contributed by atoms with Gasteiger partial charge in [0.2, 0.25) is 0 Å². The summed E-state index contributed by atoms with van der Waals surface area (Å²) in [6, 6.07) is 0. The highest BCUT2D eigenvalue weighted by molar-refractivity contribution is 7.99. The second-order valence-electron chi connectivity index (χ2n) is 2.04. The van der Waals surface area contributed by atoms with Gasteiger partial charge in [0, 0.05) is 18.1 Å². The van der Waals surface area contributed by atoms with Crippen molar-refractivity contribution < 1.29 is 4.79 Å². The van der Waals surface area contributed by atoms with E-state index in [0.29, 0.717) is 5.75 Å². The van der Waals surface area contributed by atoms with Gasteiger partial charge >= 0.3 is 0 Å². The lowest BCUT2D eigenvalue weighted by atomic mass is 10.7. The maximum Gasteiger partial charge on any atom is 0.129 e. The van der Waals surface area contributed by atoms with Crippen molar-refractivity contribution in [2.75, 3.05) is 32.1 Å². The molecule has 3 heteroatoms. The first-order valence-corrected chi connectivity index (χ1v) is 4.09. The van der Waals surface area contributed by atoms with Gasteiger partial charge in [-0.25, -0.2) is 0 Å². The molecular formula is C6H13NOS. The third-order valence-corrected chi connectivity index (χ3v) is 1.71. The molecule has 0 amide bonds. The summed E-state index contributed by atoms with van der Waals surface area (Å²) in [4.78, 5) is 11.9. The summed E-state index contributed by atoms with van der Waals surface area (Å²) in [5.74, 6) is 1.68. The molecule has 0 radical (unpaired) electrons. The lowest BCUT2D eigenvalue weighted by molar-refractivity contribution is -0.105. The fourth-order valence-corrected chi connectivity index (χ4v) is 1.14. The molecule has 9 heavy (non-hydrogen) atoms. The van der Waals surface area contributed by atoms with Crippen molar-refractivity contribution in [3.8, 4) is 0 Å². The largest absolute Gasteiger partial charge is 0.309 e. The van der Waals surface area contributed by atoms with Crippen LogP contribution in [0.4, 0.5) is 0 Å². The van der Waals surface area contributed by atoms with E-state index in [9.17, 15) is 4.79 Å². The predicted molar refractivity (Wildman–Crippen MR) is 41.9 cm³/mol. The Balaban J connectivity index is 2.82. The van der Waals surface area contributed by atoms with Gasteiger partial charge in [-0.15, -0.1) is 0 Å². The molecule has 0 aromatic heterocycles. The normalized spacial score (nSPS) is 10.1. The molecule has 0 aliphatic carbocycles. The van der Waals surface area contributed by atoms with Crippen LogP contribution in [0.2, 0.25) is 0 Å². The number of hydrogen-bond acceptors (Lipinski definition) is 3. The van der Waals surface area contributed by atoms with Crippen LogP contribution < -0.4 is 0 Å². The molecule has 54 valence electrons. The molecule has 0 atom stereocenters. The maximum absolute atomic E-state index is 9.82. The Hall–Kier alpha value is -0.0200. The highest BCUT2D eigenvalue weighted by Gasteiger charge is 1.88. The zero-order chi connectivity index (χ0) is 7.11. The molecule has 0 aliphatic rings. The second kappa shape index (κ2) is 6.11. The molecule has 0 aromatic carbocycles. The molecule has 0 aromatic rings. The van der Waals surface area contributed by atoms with Crippen LogP contribution in [-0.4, -0.2) is 43.3 Å². The van der Waals surface area contributed by atoms with E-state index in [1.807, 2.05) is 14.1 Å². The van der Waals surface area contributed by atoms with Crippen LogP contribution in [0.15, 0.2) is 0 Å². The maximum atomic E-state index is 9.82. The quantitative estimate of drug-likeness (QED) is 0.417. The van der Waals surface area contributed by atoms with Crippen molar-refractivity contribution in [2.45, 2.75) is 0 Å². The second-order valence-corrected chi connectivity index (χ2v) is 3.19. The Morgan fingerprint density at radius 1 is 1.56 bits per heavy atom. The molecule has 0 heterocycles. The Bertz CT molecular complexity index is 75.5. The molecule has 0 aliphatic heterocycles. The number of nitrogens with zero attached hydrogens (tertiary/aromatic N) is 1. The summed E-state index contributed by atoms with van der Waals surface area (Å²) < 4.78 is 0. The number of thioether (sulfide) groups is 1. The zero-order valence-corrected chi connectivity index (χ0v) is 6.78. The van der Waals surface area contributed by atoms with Gasteiger partial charge in [-0.1, -0.05) is 0 Å². The number of hydrogen-bond donors (Lipinski definition) is 0. The SMILES string of the molecule is CN(C)CCSCC=O. The van der Waals surface area contributed by atoms with Gasteiger partial charge < -0.3 is 9.69 Å². The van der Waals surface area contributed by atoms with E-state index in [-0.39, 0.29) is 0 Å². The minimum Gasteiger partial charge on any atom is -0.309 e. The summed E-state index contributed by atoms with van der Waals surface area (Å²) in [5.41, 5.74) is 0. The average Bonchev–Trinajstić information content (AvgIpc) is 1.80. The van der Waals surface area contributed by atoms with Crippen LogP contribution in [0.1, 0.15) is 0 Å². The number of carbonyl (C=O) groups excluding carboxylic acids is 1. The Morgan fingerprint density at radius 3 is 2.67 bits per heavy atom. The van der Waals surface area contributed by atoms with E-state index >= 15 is 0 Å². The van der Waals surface area contributed by atoms with E-state index in [2.05, 4.69) is 4.90 Å². The first-order valence-electron chi connectivity index (χ1n) is 2.93.